The molecule has 0 heterocycles. The van der Waals surface area contributed by atoms with Crippen molar-refractivity contribution >= 4 is 11.4 Å². The van der Waals surface area contributed by atoms with Crippen molar-refractivity contribution in [3.05, 3.63) is 45.4 Å². The van der Waals surface area contributed by atoms with Crippen molar-refractivity contribution < 1.29 is 14.6 Å². The van der Waals surface area contributed by atoms with E-state index in [1.54, 1.807) is 13.8 Å². The van der Waals surface area contributed by atoms with Gasteiger partial charge in [-0.15, -0.1) is 0 Å². The van der Waals surface area contributed by atoms with Gasteiger partial charge < -0.3 is 4.74 Å². The quantitative estimate of drug-likeness (QED) is 0.594. The Balaban J connectivity index is 3.23. The van der Waals surface area contributed by atoms with Crippen LogP contribution >= 0.6 is 0 Å². The molecule has 0 bridgehead atoms. The van der Waals surface area contributed by atoms with Crippen LogP contribution < -0.4 is 4.74 Å². The number of nitrogens with zero attached hydrogens (tertiary/aromatic N) is 2. The normalized spacial score (nSPS) is 11.0. The molecule has 0 saturated heterocycles. The van der Waals surface area contributed by atoms with Crippen molar-refractivity contribution in [1.82, 2.24) is 0 Å². The van der Waals surface area contributed by atoms with Crippen molar-refractivity contribution in [3.8, 4) is 5.75 Å². The average Bonchev–Trinajstić information content (AvgIpc) is 2.14. The van der Waals surface area contributed by atoms with Gasteiger partial charge in [0.05, 0.1) is 15.9 Å². The Labute approximate surface area is 97.3 Å². The van der Waals surface area contributed by atoms with Crippen LogP contribution in [0.3, 0.4) is 0 Å². The van der Waals surface area contributed by atoms with Gasteiger partial charge in [0.15, 0.2) is 5.75 Å². The molecule has 0 aliphatic carbocycles. The molecule has 17 heavy (non-hydrogen) atoms. The number of benzene rings is 1. The minimum absolute atomic E-state index is 0.0411. The van der Waals surface area contributed by atoms with E-state index >= 15 is 0 Å². The summed E-state index contributed by atoms with van der Waals surface area (Å²) in [6.07, 6.45) is 0. The number of hydrogen-bond donors (Lipinski definition) is 0. The van der Waals surface area contributed by atoms with E-state index in [1.165, 1.54) is 6.07 Å². The number of non-ortho nitro benzene ring substituents is 1. The largest absolute Gasteiger partial charge is 0.481 e. The molecular formula is C10H11N2O5. The zero-order valence-corrected chi connectivity index (χ0v) is 9.37. The van der Waals surface area contributed by atoms with E-state index in [2.05, 4.69) is 6.92 Å². The summed E-state index contributed by atoms with van der Waals surface area (Å²) >= 11 is 0. The first-order valence-electron chi connectivity index (χ1n) is 4.68. The molecule has 0 fully saturated rings. The van der Waals surface area contributed by atoms with E-state index in [1.807, 2.05) is 0 Å². The fraction of sp³-hybridized carbons (Fsp3) is 0.300. The van der Waals surface area contributed by atoms with E-state index in [9.17, 15) is 20.2 Å². The Morgan fingerprint density at radius 1 is 1.24 bits per heavy atom. The van der Waals surface area contributed by atoms with Crippen molar-refractivity contribution in [2.75, 3.05) is 0 Å². The highest BCUT2D eigenvalue weighted by atomic mass is 16.6. The molecule has 91 valence electrons. The van der Waals surface area contributed by atoms with E-state index in [0.29, 0.717) is 0 Å². The molecule has 0 saturated carbocycles. The van der Waals surface area contributed by atoms with Gasteiger partial charge in [-0.05, 0) is 26.8 Å². The lowest BCUT2D eigenvalue weighted by molar-refractivity contribution is -0.394. The summed E-state index contributed by atoms with van der Waals surface area (Å²) in [4.78, 5) is 19.8. The van der Waals surface area contributed by atoms with Crippen LogP contribution in [-0.4, -0.2) is 15.4 Å². The van der Waals surface area contributed by atoms with Gasteiger partial charge in [-0.3, -0.25) is 20.2 Å². The van der Waals surface area contributed by atoms with Gasteiger partial charge in [0.2, 0.25) is 0 Å². The van der Waals surface area contributed by atoms with Crippen molar-refractivity contribution in [2.45, 2.75) is 19.4 Å². The Bertz CT molecular complexity index is 464. The number of nitro groups is 2. The van der Waals surface area contributed by atoms with Gasteiger partial charge in [0.25, 0.3) is 5.69 Å². The first-order chi connectivity index (χ1) is 7.70. The third-order valence-electron chi connectivity index (χ3n) is 1.74. The molecule has 1 aromatic carbocycles. The first kappa shape index (κ1) is 12.9. The highest BCUT2D eigenvalue weighted by molar-refractivity contribution is 5.53. The van der Waals surface area contributed by atoms with Crippen LogP contribution in [0.2, 0.25) is 0 Å². The maximum atomic E-state index is 10.8. The predicted molar refractivity (Wildman–Crippen MR) is 59.8 cm³/mol. The number of nitro benzene ring substituents is 2. The molecule has 7 heteroatoms. The second-order valence-corrected chi connectivity index (χ2v) is 4.03. The summed E-state index contributed by atoms with van der Waals surface area (Å²) in [5, 5.41) is 21.3. The molecule has 0 aliphatic rings. The Kier molecular flexibility index (Phi) is 3.31. The lowest BCUT2D eigenvalue weighted by Crippen LogP contribution is -2.23. The SMILES string of the molecule is [CH2]C(C)(C)Oc1ccc([N+](=O)[O-])cc1[N+](=O)[O-]. The molecule has 1 radical (unpaired) electrons. The van der Waals surface area contributed by atoms with Gasteiger partial charge in [-0.1, -0.05) is 0 Å². The zero-order chi connectivity index (χ0) is 13.2. The molecule has 0 aliphatic heterocycles. The summed E-state index contributed by atoms with van der Waals surface area (Å²) in [7, 11) is 0. The van der Waals surface area contributed by atoms with E-state index in [0.717, 1.165) is 12.1 Å². The van der Waals surface area contributed by atoms with E-state index in [-0.39, 0.29) is 11.4 Å². The fourth-order valence-electron chi connectivity index (χ4n) is 1.15. The summed E-state index contributed by atoms with van der Waals surface area (Å²) in [5.74, 6) is -0.0411. The minimum Gasteiger partial charge on any atom is -0.481 e. The molecule has 0 atom stereocenters. The molecule has 0 N–H and O–H groups in total. The molecular weight excluding hydrogens is 228 g/mol. The maximum absolute atomic E-state index is 10.8. The average molecular weight is 239 g/mol. The monoisotopic (exact) mass is 239 g/mol. The molecule has 1 aromatic rings. The molecule has 7 nitrogen and oxygen atoms in total. The molecule has 0 amide bonds. The number of ether oxygens (including phenoxy) is 1. The highest BCUT2D eigenvalue weighted by Crippen LogP contribution is 2.33. The van der Waals surface area contributed by atoms with Gasteiger partial charge in [-0.25, -0.2) is 0 Å². The number of rotatable bonds is 4. The second-order valence-electron chi connectivity index (χ2n) is 4.03. The molecule has 1 rings (SSSR count). The van der Waals surface area contributed by atoms with Crippen LogP contribution in [0, 0.1) is 27.2 Å². The second kappa shape index (κ2) is 4.36. The smallest absolute Gasteiger partial charge is 0.317 e. The Hall–Kier alpha value is -2.18. The molecule has 0 unspecified atom stereocenters. The predicted octanol–water partition coefficient (Wildman–Crippen LogP) is 2.49. The lowest BCUT2D eigenvalue weighted by Gasteiger charge is -2.20. The van der Waals surface area contributed by atoms with Gasteiger partial charge in [0.1, 0.15) is 5.60 Å². The van der Waals surface area contributed by atoms with Crippen LogP contribution in [0.1, 0.15) is 13.8 Å². The van der Waals surface area contributed by atoms with Crippen molar-refractivity contribution in [1.29, 1.82) is 0 Å². The third-order valence-corrected chi connectivity index (χ3v) is 1.74. The molecule has 0 aromatic heterocycles. The minimum atomic E-state index is -0.860. The Morgan fingerprint density at radius 3 is 2.24 bits per heavy atom. The number of hydrogen-bond acceptors (Lipinski definition) is 5. The van der Waals surface area contributed by atoms with Crippen molar-refractivity contribution in [3.63, 3.8) is 0 Å². The van der Waals surface area contributed by atoms with Crippen LogP contribution in [0.4, 0.5) is 11.4 Å². The van der Waals surface area contributed by atoms with Gasteiger partial charge in [-0.2, -0.15) is 0 Å². The topological polar surface area (TPSA) is 95.5 Å². The lowest BCUT2D eigenvalue weighted by atomic mass is 10.2. The third kappa shape index (κ3) is 3.40. The van der Waals surface area contributed by atoms with E-state index in [4.69, 9.17) is 4.74 Å². The van der Waals surface area contributed by atoms with Crippen LogP contribution in [0.5, 0.6) is 5.75 Å². The molecule has 0 spiro atoms. The van der Waals surface area contributed by atoms with Crippen LogP contribution in [-0.2, 0) is 0 Å². The van der Waals surface area contributed by atoms with Gasteiger partial charge >= 0.3 is 5.69 Å². The first-order valence-corrected chi connectivity index (χ1v) is 4.68. The van der Waals surface area contributed by atoms with Crippen LogP contribution in [0.15, 0.2) is 18.2 Å². The van der Waals surface area contributed by atoms with Crippen LogP contribution in [0.25, 0.3) is 0 Å². The standard InChI is InChI=1S/C10H11N2O5/c1-10(2,3)17-9-5-4-7(11(13)14)6-8(9)12(15)16/h4-6H,1H2,2-3H3. The summed E-state index contributed by atoms with van der Waals surface area (Å²) < 4.78 is 5.25. The zero-order valence-electron chi connectivity index (χ0n) is 9.37. The Morgan fingerprint density at radius 2 is 1.82 bits per heavy atom. The summed E-state index contributed by atoms with van der Waals surface area (Å²) in [5.41, 5.74) is -1.66. The van der Waals surface area contributed by atoms with Crippen molar-refractivity contribution in [2.24, 2.45) is 0 Å². The maximum Gasteiger partial charge on any atom is 0.317 e. The van der Waals surface area contributed by atoms with Gasteiger partial charge in [0, 0.05) is 6.07 Å². The van der Waals surface area contributed by atoms with E-state index < -0.39 is 21.1 Å². The summed E-state index contributed by atoms with van der Waals surface area (Å²) in [6.45, 7) is 6.89. The fourth-order valence-corrected chi connectivity index (χ4v) is 1.15. The highest BCUT2D eigenvalue weighted by Gasteiger charge is 2.24. The summed E-state index contributed by atoms with van der Waals surface area (Å²) in [6, 6.07) is 3.21.